The molecule has 2 aliphatic heterocycles. The highest BCUT2D eigenvalue weighted by molar-refractivity contribution is 8.00. The number of ketones is 1. The van der Waals surface area contributed by atoms with Gasteiger partial charge in [0, 0.05) is 61.6 Å². The van der Waals surface area contributed by atoms with Crippen molar-refractivity contribution in [2.75, 3.05) is 37.5 Å². The maximum Gasteiger partial charge on any atom is 0.168 e. The van der Waals surface area contributed by atoms with Crippen LogP contribution in [0.5, 0.6) is 0 Å². The summed E-state index contributed by atoms with van der Waals surface area (Å²) in [5.74, 6) is 1.65. The van der Waals surface area contributed by atoms with Gasteiger partial charge in [-0.15, -0.1) is 0 Å². The van der Waals surface area contributed by atoms with Gasteiger partial charge in [0.05, 0.1) is 11.4 Å². The van der Waals surface area contributed by atoms with Crippen LogP contribution in [0.4, 0.5) is 23.0 Å². The molecule has 0 radical (unpaired) electrons. The van der Waals surface area contributed by atoms with Crippen molar-refractivity contribution in [3.05, 3.63) is 72.3 Å². The number of fused-ring (bicyclic) bond motifs is 4. The van der Waals surface area contributed by atoms with Crippen LogP contribution in [0.25, 0.3) is 0 Å². The Hall–Kier alpha value is -3.51. The quantitative estimate of drug-likeness (QED) is 0.299. The van der Waals surface area contributed by atoms with Crippen LogP contribution in [-0.2, 0) is 27.1 Å². The van der Waals surface area contributed by atoms with Crippen molar-refractivity contribution in [3.8, 4) is 0 Å². The Morgan fingerprint density at radius 2 is 1.16 bits per heavy atom. The van der Waals surface area contributed by atoms with Gasteiger partial charge in [-0.3, -0.25) is 14.6 Å². The number of nitrogens with zero attached hydrogens (tertiary/aromatic N) is 6. The molecule has 0 spiro atoms. The zero-order valence-corrected chi connectivity index (χ0v) is 22.5. The minimum atomic E-state index is 0.133. The predicted molar refractivity (Wildman–Crippen MR) is 146 cm³/mol. The van der Waals surface area contributed by atoms with E-state index in [0.717, 1.165) is 54.0 Å². The van der Waals surface area contributed by atoms with Gasteiger partial charge in [-0.2, -0.15) is 0 Å². The highest BCUT2D eigenvalue weighted by Crippen LogP contribution is 2.47. The van der Waals surface area contributed by atoms with Crippen LogP contribution >= 0.6 is 23.5 Å². The van der Waals surface area contributed by atoms with Crippen LogP contribution in [0.3, 0.4) is 0 Å². The number of aromatic nitrogens is 4. The number of carbonyl (C=O) groups excluding carboxylic acids is 1. The van der Waals surface area contributed by atoms with E-state index in [9.17, 15) is 4.79 Å². The number of rotatable bonds is 8. The van der Waals surface area contributed by atoms with Crippen molar-refractivity contribution in [1.82, 2.24) is 19.9 Å². The first-order valence-corrected chi connectivity index (χ1v) is 13.6. The molecule has 0 bridgehead atoms. The molecule has 2 aliphatic rings. The van der Waals surface area contributed by atoms with E-state index in [1.165, 1.54) is 0 Å². The molecule has 0 fully saturated rings. The summed E-state index contributed by atoms with van der Waals surface area (Å²) in [6.07, 6.45) is 7.39. The number of hydrogen-bond donors (Lipinski definition) is 0. The number of Topliss-reactive ketones (excluding diaryl/α,β-unsaturated/α-hetero) is 1. The summed E-state index contributed by atoms with van der Waals surface area (Å²) in [4.78, 5) is 37.2. The highest BCUT2D eigenvalue weighted by Gasteiger charge is 2.27. The highest BCUT2D eigenvalue weighted by atomic mass is 32.2. The van der Waals surface area contributed by atoms with E-state index in [4.69, 9.17) is 9.47 Å². The second-order valence-electron chi connectivity index (χ2n) is 8.76. The lowest BCUT2D eigenvalue weighted by Crippen LogP contribution is -2.25. The molecule has 4 heterocycles. The predicted octanol–water partition coefficient (Wildman–Crippen LogP) is 5.03. The molecule has 0 saturated heterocycles. The molecule has 11 heteroatoms. The smallest absolute Gasteiger partial charge is 0.168 e. The van der Waals surface area contributed by atoms with E-state index in [1.54, 1.807) is 62.5 Å². The first-order chi connectivity index (χ1) is 18.6. The van der Waals surface area contributed by atoms with E-state index in [1.807, 2.05) is 34.1 Å². The lowest BCUT2D eigenvalue weighted by Gasteiger charge is -2.30. The third-order valence-electron chi connectivity index (χ3n) is 6.17. The van der Waals surface area contributed by atoms with Crippen LogP contribution in [0.2, 0.25) is 0 Å². The average molecular weight is 545 g/mol. The first-order valence-electron chi connectivity index (χ1n) is 11.9. The summed E-state index contributed by atoms with van der Waals surface area (Å²) in [5, 5.41) is 1.67. The third kappa shape index (κ3) is 4.73. The standard InChI is InChI=1S/C27H24N6O3S2/c1-35-15-32-20-13-17(3-5-22(20)37-26-24(32)28-7-9-30-26)11-19(34)12-18-4-6-23-21(14-18)33(16-36-2)25-27(38-23)31-10-8-29-25/h3-10,13-14H,11-12,15-16H2,1-2H3. The molecule has 0 amide bonds. The molecule has 6 rings (SSSR count). The number of anilines is 4. The van der Waals surface area contributed by atoms with Gasteiger partial charge in [0.1, 0.15) is 29.3 Å². The molecule has 2 aromatic heterocycles. The van der Waals surface area contributed by atoms with Gasteiger partial charge in [0.15, 0.2) is 11.6 Å². The molecule has 192 valence electrons. The second-order valence-corrected chi connectivity index (χ2v) is 10.8. The lowest BCUT2D eigenvalue weighted by atomic mass is 10.0. The molecule has 9 nitrogen and oxygen atoms in total. The number of methoxy groups -OCH3 is 2. The van der Waals surface area contributed by atoms with Gasteiger partial charge in [0.25, 0.3) is 0 Å². The zero-order valence-electron chi connectivity index (χ0n) is 20.8. The van der Waals surface area contributed by atoms with Crippen LogP contribution < -0.4 is 9.80 Å². The Morgan fingerprint density at radius 3 is 1.61 bits per heavy atom. The van der Waals surface area contributed by atoms with Gasteiger partial charge in [0.2, 0.25) is 0 Å². The first kappa shape index (κ1) is 24.8. The summed E-state index contributed by atoms with van der Waals surface area (Å²) in [7, 11) is 3.31. The van der Waals surface area contributed by atoms with Crippen molar-refractivity contribution in [2.24, 2.45) is 0 Å². The van der Waals surface area contributed by atoms with Crippen molar-refractivity contribution < 1.29 is 14.3 Å². The lowest BCUT2D eigenvalue weighted by molar-refractivity contribution is -0.117. The van der Waals surface area contributed by atoms with Crippen LogP contribution in [0.1, 0.15) is 11.1 Å². The maximum atomic E-state index is 13.2. The molecule has 0 unspecified atom stereocenters. The Balaban J connectivity index is 1.21. The Kier molecular flexibility index (Phi) is 6.98. The molecular weight excluding hydrogens is 520 g/mol. The normalized spacial score (nSPS) is 13.4. The SMILES string of the molecule is COCN1c2cc(CC(=O)Cc3ccc4c(c3)N(COC)c3nccnc3S4)ccc2Sc2nccnc21. The second kappa shape index (κ2) is 10.7. The number of hydrogen-bond acceptors (Lipinski definition) is 11. The minimum absolute atomic E-state index is 0.133. The van der Waals surface area contributed by atoms with E-state index < -0.39 is 0 Å². The van der Waals surface area contributed by atoms with Gasteiger partial charge in [-0.1, -0.05) is 35.7 Å². The van der Waals surface area contributed by atoms with Crippen LogP contribution in [0.15, 0.2) is 81.0 Å². The topological polar surface area (TPSA) is 93.6 Å². The molecule has 0 atom stereocenters. The zero-order chi connectivity index (χ0) is 26.1. The Morgan fingerprint density at radius 1 is 0.711 bits per heavy atom. The fourth-order valence-corrected chi connectivity index (χ4v) is 6.54. The number of ether oxygens (including phenoxy) is 2. The van der Waals surface area contributed by atoms with Gasteiger partial charge in [-0.05, 0) is 35.4 Å². The fourth-order valence-electron chi connectivity index (χ4n) is 4.56. The van der Waals surface area contributed by atoms with Crippen molar-refractivity contribution >= 4 is 52.3 Å². The van der Waals surface area contributed by atoms with E-state index in [-0.39, 0.29) is 5.78 Å². The van der Waals surface area contributed by atoms with Crippen molar-refractivity contribution in [3.63, 3.8) is 0 Å². The van der Waals surface area contributed by atoms with Gasteiger partial charge < -0.3 is 9.47 Å². The molecular formula is C27H24N6O3S2. The molecule has 4 aromatic rings. The van der Waals surface area contributed by atoms with Crippen LogP contribution in [-0.4, -0.2) is 53.4 Å². The fraction of sp³-hybridized carbons (Fsp3) is 0.222. The van der Waals surface area contributed by atoms with Gasteiger partial charge in [-0.25, -0.2) is 19.9 Å². The Bertz CT molecular complexity index is 1410. The summed E-state index contributed by atoms with van der Waals surface area (Å²) < 4.78 is 10.9. The monoisotopic (exact) mass is 544 g/mol. The van der Waals surface area contributed by atoms with E-state index in [0.29, 0.717) is 26.3 Å². The molecule has 0 aliphatic carbocycles. The summed E-state index contributed by atoms with van der Waals surface area (Å²) in [6, 6.07) is 12.2. The molecule has 2 aromatic carbocycles. The summed E-state index contributed by atoms with van der Waals surface area (Å²) in [6.45, 7) is 0.685. The third-order valence-corrected chi connectivity index (χ3v) is 8.26. The van der Waals surface area contributed by atoms with Crippen LogP contribution in [0, 0.1) is 0 Å². The largest absolute Gasteiger partial charge is 0.364 e. The maximum absolute atomic E-state index is 13.2. The summed E-state index contributed by atoms with van der Waals surface area (Å²) >= 11 is 3.15. The molecule has 0 N–H and O–H groups in total. The number of benzene rings is 2. The van der Waals surface area contributed by atoms with E-state index >= 15 is 0 Å². The van der Waals surface area contributed by atoms with E-state index in [2.05, 4.69) is 32.1 Å². The van der Waals surface area contributed by atoms with Crippen molar-refractivity contribution in [2.45, 2.75) is 32.7 Å². The minimum Gasteiger partial charge on any atom is -0.364 e. The van der Waals surface area contributed by atoms with Crippen molar-refractivity contribution in [1.29, 1.82) is 0 Å². The molecule has 38 heavy (non-hydrogen) atoms. The average Bonchev–Trinajstić information content (AvgIpc) is 2.93. The molecule has 0 saturated carbocycles. The number of carbonyl (C=O) groups is 1. The van der Waals surface area contributed by atoms with Gasteiger partial charge >= 0.3 is 0 Å². The summed E-state index contributed by atoms with van der Waals surface area (Å²) in [5.41, 5.74) is 3.83. The Labute approximate surface area is 228 Å².